The van der Waals surface area contributed by atoms with E-state index in [0.717, 1.165) is 24.5 Å². The maximum Gasteiger partial charge on any atom is 0.329 e. The number of rotatable bonds is 8. The van der Waals surface area contributed by atoms with E-state index in [1.54, 1.807) is 0 Å². The number of nitrogens with zero attached hydrogens (tertiary/aromatic N) is 1. The number of fused-ring (bicyclic) bond motifs is 1. The third kappa shape index (κ3) is 5.06. The quantitative estimate of drug-likeness (QED) is 0.766. The van der Waals surface area contributed by atoms with Crippen molar-refractivity contribution in [3.8, 4) is 0 Å². The average Bonchev–Trinajstić information content (AvgIpc) is 2.85. The molecule has 6 nitrogen and oxygen atoms in total. The molecule has 0 spiro atoms. The molecule has 0 aromatic carbocycles. The van der Waals surface area contributed by atoms with Crippen LogP contribution in [0.15, 0.2) is 0 Å². The molecule has 0 saturated heterocycles. The zero-order chi connectivity index (χ0) is 15.9. The molecule has 0 aliphatic heterocycles. The Labute approximate surface area is 133 Å². The normalized spacial score (nSPS) is 17.0. The number of aryl methyl sites for hydroxylation is 1. The van der Waals surface area contributed by atoms with Crippen molar-refractivity contribution in [3.05, 3.63) is 10.6 Å². The summed E-state index contributed by atoms with van der Waals surface area (Å²) in [6.07, 6.45) is 6.96. The highest BCUT2D eigenvalue weighted by molar-refractivity contribution is 7.15. The van der Waals surface area contributed by atoms with Gasteiger partial charge in [0.25, 0.3) is 5.91 Å². The van der Waals surface area contributed by atoms with E-state index in [1.807, 2.05) is 0 Å². The number of thiazole rings is 1. The second kappa shape index (κ2) is 8.24. The first-order chi connectivity index (χ1) is 10.6. The van der Waals surface area contributed by atoms with Crippen LogP contribution in [0.3, 0.4) is 0 Å². The van der Waals surface area contributed by atoms with E-state index in [4.69, 9.17) is 9.84 Å². The van der Waals surface area contributed by atoms with Crippen molar-refractivity contribution in [2.24, 2.45) is 5.92 Å². The van der Waals surface area contributed by atoms with Crippen molar-refractivity contribution < 1.29 is 19.4 Å². The standard InChI is InChI=1S/C15H22N2O4S/c1-2-3-4-10-5-6-11-12(7-10)22-15(16-11)17-13(18)8-21-9-14(19)20/h10H,2-9H2,1H3,(H,19,20)(H,16,17,18)/t10-/m0/s1. The fourth-order valence-corrected chi connectivity index (χ4v) is 3.76. The number of carbonyl (C=O) groups is 2. The number of unbranched alkanes of at least 4 members (excludes halogenated alkanes) is 1. The molecule has 0 fully saturated rings. The number of carboxylic acids is 1. The number of amides is 1. The van der Waals surface area contributed by atoms with Crippen molar-refractivity contribution in [2.45, 2.75) is 45.4 Å². The van der Waals surface area contributed by atoms with Gasteiger partial charge >= 0.3 is 5.97 Å². The number of hydrogen-bond donors (Lipinski definition) is 2. The predicted octanol–water partition coefficient (Wildman–Crippen LogP) is 2.48. The zero-order valence-electron chi connectivity index (χ0n) is 12.8. The lowest BCUT2D eigenvalue weighted by atomic mass is 9.87. The molecule has 7 heteroatoms. The minimum Gasteiger partial charge on any atom is -0.480 e. The first kappa shape index (κ1) is 16.9. The number of hydrogen-bond acceptors (Lipinski definition) is 5. The van der Waals surface area contributed by atoms with Crippen molar-refractivity contribution in [2.75, 3.05) is 18.5 Å². The van der Waals surface area contributed by atoms with Crippen LogP contribution in [0.4, 0.5) is 5.13 Å². The van der Waals surface area contributed by atoms with Gasteiger partial charge < -0.3 is 9.84 Å². The molecule has 0 unspecified atom stereocenters. The smallest absolute Gasteiger partial charge is 0.329 e. The molecule has 22 heavy (non-hydrogen) atoms. The third-order valence-electron chi connectivity index (χ3n) is 3.71. The van der Waals surface area contributed by atoms with E-state index in [9.17, 15) is 9.59 Å². The Hall–Kier alpha value is -1.47. The summed E-state index contributed by atoms with van der Waals surface area (Å²) < 4.78 is 4.76. The number of nitrogens with one attached hydrogen (secondary N) is 1. The monoisotopic (exact) mass is 326 g/mol. The highest BCUT2D eigenvalue weighted by Crippen LogP contribution is 2.34. The van der Waals surface area contributed by atoms with Crippen molar-refractivity contribution >= 4 is 28.3 Å². The maximum absolute atomic E-state index is 11.7. The second-order valence-electron chi connectivity index (χ2n) is 5.57. The lowest BCUT2D eigenvalue weighted by Gasteiger charge is -2.20. The molecule has 1 heterocycles. The minimum absolute atomic E-state index is 0.268. The van der Waals surface area contributed by atoms with Crippen molar-refractivity contribution in [1.82, 2.24) is 4.98 Å². The molecule has 2 N–H and O–H groups in total. The summed E-state index contributed by atoms with van der Waals surface area (Å²) in [4.78, 5) is 27.7. The predicted molar refractivity (Wildman–Crippen MR) is 84.2 cm³/mol. The van der Waals surface area contributed by atoms with Crippen LogP contribution in [0.5, 0.6) is 0 Å². The van der Waals surface area contributed by atoms with Crippen molar-refractivity contribution in [3.63, 3.8) is 0 Å². The fraction of sp³-hybridized carbons (Fsp3) is 0.667. The molecular formula is C15H22N2O4S. The van der Waals surface area contributed by atoms with Gasteiger partial charge in [-0.1, -0.05) is 26.2 Å². The summed E-state index contributed by atoms with van der Waals surface area (Å²) in [5.74, 6) is -0.721. The molecular weight excluding hydrogens is 304 g/mol. The molecule has 1 aromatic heterocycles. The Kier molecular flexibility index (Phi) is 6.33. The third-order valence-corrected chi connectivity index (χ3v) is 4.75. The largest absolute Gasteiger partial charge is 0.480 e. The van der Waals surface area contributed by atoms with Crippen LogP contribution < -0.4 is 5.32 Å². The lowest BCUT2D eigenvalue weighted by molar-refractivity contribution is -0.143. The first-order valence-corrected chi connectivity index (χ1v) is 8.48. The van der Waals surface area contributed by atoms with E-state index in [1.165, 1.54) is 41.9 Å². The van der Waals surface area contributed by atoms with E-state index >= 15 is 0 Å². The van der Waals surface area contributed by atoms with E-state index in [0.29, 0.717) is 5.13 Å². The van der Waals surface area contributed by atoms with Gasteiger partial charge in [-0.2, -0.15) is 0 Å². The minimum atomic E-state index is -1.09. The maximum atomic E-state index is 11.7. The van der Waals surface area contributed by atoms with Gasteiger partial charge in [0.05, 0.1) is 5.69 Å². The Bertz CT molecular complexity index is 530. The summed E-state index contributed by atoms with van der Waals surface area (Å²) >= 11 is 1.53. The molecule has 0 radical (unpaired) electrons. The summed E-state index contributed by atoms with van der Waals surface area (Å²) in [5, 5.41) is 11.7. The van der Waals surface area contributed by atoms with E-state index < -0.39 is 12.6 Å². The highest BCUT2D eigenvalue weighted by Gasteiger charge is 2.22. The Morgan fingerprint density at radius 3 is 3.00 bits per heavy atom. The summed E-state index contributed by atoms with van der Waals surface area (Å²) in [5.41, 5.74) is 1.10. The zero-order valence-corrected chi connectivity index (χ0v) is 13.6. The Morgan fingerprint density at radius 1 is 1.45 bits per heavy atom. The molecule has 122 valence electrons. The van der Waals surface area contributed by atoms with Crippen LogP contribution in [-0.4, -0.2) is 35.2 Å². The van der Waals surface area contributed by atoms with Gasteiger partial charge in [-0.3, -0.25) is 10.1 Å². The van der Waals surface area contributed by atoms with Crippen LogP contribution >= 0.6 is 11.3 Å². The van der Waals surface area contributed by atoms with Crippen molar-refractivity contribution in [1.29, 1.82) is 0 Å². The number of aromatic nitrogens is 1. The second-order valence-corrected chi connectivity index (χ2v) is 6.66. The molecule has 1 aliphatic rings. The van der Waals surface area contributed by atoms with Crippen LogP contribution in [0.25, 0.3) is 0 Å². The van der Waals surface area contributed by atoms with Gasteiger partial charge in [0.2, 0.25) is 0 Å². The number of anilines is 1. The summed E-state index contributed by atoms with van der Waals surface area (Å²) in [6.45, 7) is 1.47. The van der Waals surface area contributed by atoms with Crippen LogP contribution in [0.2, 0.25) is 0 Å². The van der Waals surface area contributed by atoms with Gasteiger partial charge in [0.15, 0.2) is 5.13 Å². The summed E-state index contributed by atoms with van der Waals surface area (Å²) in [6, 6.07) is 0. The molecule has 0 saturated carbocycles. The highest BCUT2D eigenvalue weighted by atomic mass is 32.1. The Balaban J connectivity index is 1.83. The van der Waals surface area contributed by atoms with E-state index in [-0.39, 0.29) is 12.5 Å². The number of carbonyl (C=O) groups excluding carboxylic acids is 1. The molecule has 1 aliphatic carbocycles. The van der Waals surface area contributed by atoms with Crippen LogP contribution in [0, 0.1) is 5.92 Å². The van der Waals surface area contributed by atoms with Gasteiger partial charge in [-0.05, 0) is 25.2 Å². The molecule has 1 amide bonds. The molecule has 1 aromatic rings. The van der Waals surface area contributed by atoms with E-state index in [2.05, 4.69) is 17.2 Å². The lowest BCUT2D eigenvalue weighted by Crippen LogP contribution is -2.20. The number of carboxylic acid groups (broad SMARTS) is 1. The topological polar surface area (TPSA) is 88.5 Å². The van der Waals surface area contributed by atoms with Gasteiger partial charge in [0, 0.05) is 4.88 Å². The first-order valence-electron chi connectivity index (χ1n) is 7.66. The fourth-order valence-electron chi connectivity index (χ4n) is 2.62. The van der Waals surface area contributed by atoms with Gasteiger partial charge in [-0.25, -0.2) is 9.78 Å². The van der Waals surface area contributed by atoms with Crippen LogP contribution in [0.1, 0.15) is 43.2 Å². The molecule has 0 bridgehead atoms. The average molecular weight is 326 g/mol. The number of ether oxygens (including phenoxy) is 1. The Morgan fingerprint density at radius 2 is 2.27 bits per heavy atom. The molecule has 1 atom stereocenters. The van der Waals surface area contributed by atoms with Crippen LogP contribution in [-0.2, 0) is 27.2 Å². The van der Waals surface area contributed by atoms with Gasteiger partial charge in [0.1, 0.15) is 13.2 Å². The van der Waals surface area contributed by atoms with Gasteiger partial charge in [-0.15, -0.1) is 11.3 Å². The SMILES string of the molecule is CCCC[C@H]1CCc2nc(NC(=O)COCC(=O)O)sc2C1. The number of aliphatic carboxylic acids is 1. The molecule has 2 rings (SSSR count). The summed E-state index contributed by atoms with van der Waals surface area (Å²) in [7, 11) is 0.